The van der Waals surface area contributed by atoms with Crippen molar-refractivity contribution in [2.24, 2.45) is 7.05 Å². The van der Waals surface area contributed by atoms with Gasteiger partial charge in [0.25, 0.3) is 5.91 Å². The third-order valence-electron chi connectivity index (χ3n) is 4.48. The monoisotopic (exact) mass is 477 g/mol. The van der Waals surface area contributed by atoms with Crippen LogP contribution in [0.3, 0.4) is 0 Å². The Balaban J connectivity index is 2.09. The highest BCUT2D eigenvalue weighted by Crippen LogP contribution is 2.35. The van der Waals surface area contributed by atoms with Gasteiger partial charge in [0.15, 0.2) is 0 Å². The van der Waals surface area contributed by atoms with E-state index in [2.05, 4.69) is 20.6 Å². The van der Waals surface area contributed by atoms with Gasteiger partial charge in [0.1, 0.15) is 5.82 Å². The van der Waals surface area contributed by atoms with Gasteiger partial charge >= 0.3 is 12.4 Å². The minimum atomic E-state index is -4.69. The second-order valence-corrected chi connectivity index (χ2v) is 7.89. The number of imidazole rings is 1. The van der Waals surface area contributed by atoms with Gasteiger partial charge in [-0.25, -0.2) is 9.97 Å². The van der Waals surface area contributed by atoms with Crippen LogP contribution in [0.5, 0.6) is 0 Å². The molecule has 3 rings (SSSR count). The Bertz CT molecular complexity index is 1170. The number of amides is 1. The summed E-state index contributed by atoms with van der Waals surface area (Å²) in [7, 11) is 2.63. The third kappa shape index (κ3) is 4.61. The summed E-state index contributed by atoms with van der Waals surface area (Å²) in [6.07, 6.45) is -8.75. The van der Waals surface area contributed by atoms with Crippen LogP contribution >= 0.6 is 11.8 Å². The highest BCUT2D eigenvalue weighted by molar-refractivity contribution is 7.99. The molecule has 1 amide bonds. The van der Waals surface area contributed by atoms with E-state index in [-0.39, 0.29) is 28.1 Å². The summed E-state index contributed by atoms with van der Waals surface area (Å²) in [5, 5.41) is 4.96. The van der Waals surface area contributed by atoms with Crippen molar-refractivity contribution in [3.05, 3.63) is 41.3 Å². The number of thioether (sulfide) groups is 1. The van der Waals surface area contributed by atoms with E-state index in [0.29, 0.717) is 16.8 Å². The van der Waals surface area contributed by atoms with E-state index in [1.165, 1.54) is 38.0 Å². The van der Waals surface area contributed by atoms with Crippen LogP contribution in [-0.4, -0.2) is 33.2 Å². The quantitative estimate of drug-likeness (QED) is 0.380. The molecule has 3 aromatic rings. The highest BCUT2D eigenvalue weighted by atomic mass is 32.2. The largest absolute Gasteiger partial charge is 0.449 e. The van der Waals surface area contributed by atoms with Crippen LogP contribution in [0, 0.1) is 0 Å². The average molecular weight is 477 g/mol. The van der Waals surface area contributed by atoms with E-state index in [0.717, 1.165) is 10.6 Å². The van der Waals surface area contributed by atoms with Gasteiger partial charge in [-0.05, 0) is 24.0 Å². The van der Waals surface area contributed by atoms with E-state index in [1.807, 2.05) is 0 Å². The number of aromatic nitrogens is 3. The summed E-state index contributed by atoms with van der Waals surface area (Å²) >= 11 is 1.20. The normalized spacial score (nSPS) is 12.3. The number of anilines is 2. The number of pyridine rings is 1. The van der Waals surface area contributed by atoms with E-state index in [4.69, 9.17) is 0 Å². The number of benzene rings is 1. The first-order valence-corrected chi connectivity index (χ1v) is 10.1. The van der Waals surface area contributed by atoms with E-state index < -0.39 is 29.6 Å². The number of aryl methyl sites for hydroxylation is 1. The molecule has 2 heterocycles. The third-order valence-corrected chi connectivity index (χ3v) is 5.42. The van der Waals surface area contributed by atoms with Crippen molar-refractivity contribution in [3.63, 3.8) is 0 Å². The molecule has 2 aromatic heterocycles. The topological polar surface area (TPSA) is 71.8 Å². The van der Waals surface area contributed by atoms with Gasteiger partial charge in [-0.1, -0.05) is 6.92 Å². The SMILES string of the molecule is CCSc1cc2c(cc1C(=O)Nc1cc(C(F)(F)F)cnc1NC)nc(C(F)(F)F)n2C. The second kappa shape index (κ2) is 8.52. The minimum absolute atomic E-state index is 0.00526. The van der Waals surface area contributed by atoms with E-state index in [9.17, 15) is 31.1 Å². The average Bonchev–Trinajstić information content (AvgIpc) is 3.03. The lowest BCUT2D eigenvalue weighted by atomic mass is 10.1. The molecule has 0 atom stereocenters. The maximum absolute atomic E-state index is 13.2. The van der Waals surface area contributed by atoms with Crippen molar-refractivity contribution in [3.8, 4) is 0 Å². The number of hydrogen-bond donors (Lipinski definition) is 2. The van der Waals surface area contributed by atoms with Crippen molar-refractivity contribution in [2.45, 2.75) is 24.2 Å². The fourth-order valence-corrected chi connectivity index (χ4v) is 3.84. The summed E-state index contributed by atoms with van der Waals surface area (Å²) in [6, 6.07) is 3.33. The van der Waals surface area contributed by atoms with Crippen LogP contribution in [0.15, 0.2) is 29.3 Å². The van der Waals surface area contributed by atoms with Gasteiger partial charge in [-0.15, -0.1) is 11.8 Å². The zero-order valence-electron chi connectivity index (χ0n) is 16.9. The molecule has 0 unspecified atom stereocenters. The molecule has 0 fully saturated rings. The van der Waals surface area contributed by atoms with E-state index >= 15 is 0 Å². The molecular formula is C19H17F6N5OS. The van der Waals surface area contributed by atoms with Crippen molar-refractivity contribution in [2.75, 3.05) is 23.4 Å². The summed E-state index contributed by atoms with van der Waals surface area (Å²) in [6.45, 7) is 1.79. The second-order valence-electron chi connectivity index (χ2n) is 6.58. The Morgan fingerprint density at radius 3 is 2.38 bits per heavy atom. The number of alkyl halides is 6. The predicted octanol–water partition coefficient (Wildman–Crippen LogP) is 5.41. The Morgan fingerprint density at radius 1 is 1.12 bits per heavy atom. The Labute approximate surface area is 182 Å². The van der Waals surface area contributed by atoms with Crippen LogP contribution in [-0.2, 0) is 19.4 Å². The number of hydrogen-bond acceptors (Lipinski definition) is 5. The maximum Gasteiger partial charge on any atom is 0.449 e. The first-order chi connectivity index (χ1) is 14.9. The maximum atomic E-state index is 13.2. The molecule has 0 saturated carbocycles. The molecule has 0 aliphatic rings. The Morgan fingerprint density at radius 2 is 1.81 bits per heavy atom. The number of halogens is 6. The van der Waals surface area contributed by atoms with Crippen molar-refractivity contribution < 1.29 is 31.1 Å². The fraction of sp³-hybridized carbons (Fsp3) is 0.316. The van der Waals surface area contributed by atoms with Crippen LogP contribution < -0.4 is 10.6 Å². The smallest absolute Gasteiger partial charge is 0.371 e. The van der Waals surface area contributed by atoms with Gasteiger partial charge in [-0.2, -0.15) is 26.3 Å². The zero-order valence-corrected chi connectivity index (χ0v) is 17.8. The number of fused-ring (bicyclic) bond motifs is 1. The van der Waals surface area contributed by atoms with Crippen LogP contribution in [0.4, 0.5) is 37.8 Å². The van der Waals surface area contributed by atoms with Crippen LogP contribution in [0.1, 0.15) is 28.7 Å². The lowest BCUT2D eigenvalue weighted by Crippen LogP contribution is -2.16. The molecule has 0 saturated heterocycles. The minimum Gasteiger partial charge on any atom is -0.371 e. The van der Waals surface area contributed by atoms with Gasteiger partial charge in [-0.3, -0.25) is 4.79 Å². The molecule has 2 N–H and O–H groups in total. The van der Waals surface area contributed by atoms with Crippen molar-refractivity contribution in [1.82, 2.24) is 14.5 Å². The van der Waals surface area contributed by atoms with Gasteiger partial charge in [0.05, 0.1) is 27.8 Å². The molecule has 0 spiro atoms. The molecule has 0 bridgehead atoms. The molecule has 0 aliphatic heterocycles. The van der Waals surface area contributed by atoms with Crippen molar-refractivity contribution >= 4 is 40.2 Å². The molecular weight excluding hydrogens is 460 g/mol. The Kier molecular flexibility index (Phi) is 6.31. The summed E-state index contributed by atoms with van der Waals surface area (Å²) in [5.41, 5.74) is -1.21. The van der Waals surface area contributed by atoms with Crippen molar-refractivity contribution in [1.29, 1.82) is 0 Å². The Hall–Kier alpha value is -2.96. The number of carbonyl (C=O) groups excluding carboxylic acids is 1. The summed E-state index contributed by atoms with van der Waals surface area (Å²) < 4.78 is 79.7. The van der Waals surface area contributed by atoms with E-state index in [1.54, 1.807) is 6.92 Å². The molecule has 0 aliphatic carbocycles. The van der Waals surface area contributed by atoms with Crippen LogP contribution in [0.2, 0.25) is 0 Å². The van der Waals surface area contributed by atoms with Crippen LogP contribution in [0.25, 0.3) is 11.0 Å². The number of rotatable bonds is 5. The van der Waals surface area contributed by atoms with Gasteiger partial charge < -0.3 is 15.2 Å². The van der Waals surface area contributed by atoms with Gasteiger partial charge in [0.2, 0.25) is 5.82 Å². The first-order valence-electron chi connectivity index (χ1n) is 9.13. The molecule has 6 nitrogen and oxygen atoms in total. The van der Waals surface area contributed by atoms with Gasteiger partial charge in [0, 0.05) is 25.2 Å². The molecule has 13 heteroatoms. The standard InChI is InChI=1S/C19H17F6N5OS/c1-4-32-14-7-13-11(29-17(30(13)3)19(23,24)25)6-10(14)16(31)28-12-5-9(18(20,21)22)8-27-15(12)26-2/h5-8H,4H2,1-3H3,(H,26,27)(H,28,31). The molecule has 172 valence electrons. The lowest BCUT2D eigenvalue weighted by molar-refractivity contribution is -0.146. The summed E-state index contributed by atoms with van der Waals surface area (Å²) in [5.74, 6) is -1.44. The number of nitrogens with zero attached hydrogens (tertiary/aromatic N) is 3. The number of carbonyl (C=O) groups is 1. The highest BCUT2D eigenvalue weighted by Gasteiger charge is 2.37. The first kappa shape index (κ1) is 23.7. The lowest BCUT2D eigenvalue weighted by Gasteiger charge is -2.15. The molecule has 0 radical (unpaired) electrons. The predicted molar refractivity (Wildman–Crippen MR) is 109 cm³/mol. The zero-order chi connectivity index (χ0) is 23.8. The fourth-order valence-electron chi connectivity index (χ4n) is 3.03. The number of nitrogens with one attached hydrogen (secondary N) is 2. The summed E-state index contributed by atoms with van der Waals surface area (Å²) in [4.78, 5) is 20.6. The molecule has 1 aromatic carbocycles. The molecule has 32 heavy (non-hydrogen) atoms.